The van der Waals surface area contributed by atoms with Gasteiger partial charge in [0.15, 0.2) is 5.69 Å². The van der Waals surface area contributed by atoms with E-state index >= 15 is 0 Å². The van der Waals surface area contributed by atoms with Gasteiger partial charge < -0.3 is 4.74 Å². The van der Waals surface area contributed by atoms with E-state index in [0.29, 0.717) is 10.7 Å². The molecule has 1 aromatic heterocycles. The zero-order valence-electron chi connectivity index (χ0n) is 11.3. The molecule has 10 heteroatoms. The highest BCUT2D eigenvalue weighted by atomic mass is 19.4. The van der Waals surface area contributed by atoms with E-state index in [1.807, 2.05) is 0 Å². The number of nitrogens with zero attached hydrogens (tertiary/aromatic N) is 3. The van der Waals surface area contributed by atoms with Crippen LogP contribution in [0, 0.1) is 11.3 Å². The van der Waals surface area contributed by atoms with Gasteiger partial charge in [0, 0.05) is 7.05 Å². The first-order valence-electron chi connectivity index (χ1n) is 5.93. The number of benzene rings is 1. The molecule has 0 spiro atoms. The van der Waals surface area contributed by atoms with Crippen molar-refractivity contribution in [2.75, 3.05) is 0 Å². The maximum absolute atomic E-state index is 12.8. The Balaban J connectivity index is 2.46. The van der Waals surface area contributed by atoms with Crippen LogP contribution in [0.15, 0.2) is 24.3 Å². The summed E-state index contributed by atoms with van der Waals surface area (Å²) >= 11 is 0. The molecule has 0 aliphatic rings. The van der Waals surface area contributed by atoms with Crippen LogP contribution < -0.4 is 4.74 Å². The third-order valence-corrected chi connectivity index (χ3v) is 2.75. The summed E-state index contributed by atoms with van der Waals surface area (Å²) in [5.74, 6) is -0.966. The number of rotatable bonds is 2. The van der Waals surface area contributed by atoms with E-state index in [0.717, 1.165) is 25.2 Å². The fraction of sp³-hybridized carbons (Fsp3) is 0.231. The van der Waals surface area contributed by atoms with Crippen molar-refractivity contribution < 1.29 is 31.1 Å². The van der Waals surface area contributed by atoms with Crippen molar-refractivity contribution in [2.45, 2.75) is 12.4 Å². The Bertz CT molecular complexity index is 769. The lowest BCUT2D eigenvalue weighted by molar-refractivity contribution is -0.141. The van der Waals surface area contributed by atoms with E-state index in [1.165, 1.54) is 6.07 Å². The topological polar surface area (TPSA) is 50.8 Å². The lowest BCUT2D eigenvalue weighted by Gasteiger charge is -2.10. The lowest BCUT2D eigenvalue weighted by Crippen LogP contribution is -2.08. The molecular weight excluding hydrogens is 328 g/mol. The van der Waals surface area contributed by atoms with E-state index in [9.17, 15) is 26.3 Å². The minimum absolute atomic E-state index is 0.368. The second kappa shape index (κ2) is 5.49. The molecule has 0 radical (unpaired) electrons. The maximum atomic E-state index is 12.8. The minimum Gasteiger partial charge on any atom is -0.438 e. The Morgan fingerprint density at radius 2 is 1.78 bits per heavy atom. The number of halogens is 6. The molecule has 0 N–H and O–H groups in total. The predicted octanol–water partition coefficient (Wildman–Crippen LogP) is 4.12. The average molecular weight is 335 g/mol. The fourth-order valence-electron chi connectivity index (χ4n) is 1.77. The maximum Gasteiger partial charge on any atom is 0.436 e. The van der Waals surface area contributed by atoms with Gasteiger partial charge in [0.1, 0.15) is 17.4 Å². The molecule has 0 aliphatic heterocycles. The van der Waals surface area contributed by atoms with Gasteiger partial charge in [0.2, 0.25) is 5.88 Å². The van der Waals surface area contributed by atoms with Crippen LogP contribution in [0.1, 0.15) is 16.8 Å². The second-order valence-electron chi connectivity index (χ2n) is 4.39. The molecule has 2 aromatic rings. The molecule has 0 aliphatic carbocycles. The summed E-state index contributed by atoms with van der Waals surface area (Å²) < 4.78 is 81.8. The van der Waals surface area contributed by atoms with Crippen LogP contribution in [0.3, 0.4) is 0 Å². The van der Waals surface area contributed by atoms with Crippen LogP contribution in [-0.2, 0) is 19.4 Å². The minimum atomic E-state index is -4.89. The first-order chi connectivity index (χ1) is 10.5. The molecule has 0 saturated carbocycles. The fourth-order valence-corrected chi connectivity index (χ4v) is 1.77. The van der Waals surface area contributed by atoms with E-state index in [2.05, 4.69) is 5.10 Å². The number of ether oxygens (including phenoxy) is 1. The Kier molecular flexibility index (Phi) is 3.98. The summed E-state index contributed by atoms with van der Waals surface area (Å²) in [6, 6.07) is 4.85. The SMILES string of the molecule is Cn1nc(C(F)(F)F)c(C#N)c1Oc1cccc(C(F)(F)F)c1. The predicted molar refractivity (Wildman–Crippen MR) is 64.4 cm³/mol. The molecule has 0 unspecified atom stereocenters. The number of aryl methyl sites for hydroxylation is 1. The number of nitriles is 1. The summed E-state index contributed by atoms with van der Waals surface area (Å²) in [5, 5.41) is 12.0. The average Bonchev–Trinajstić information content (AvgIpc) is 2.75. The van der Waals surface area contributed by atoms with Crippen LogP contribution in [0.4, 0.5) is 26.3 Å². The zero-order valence-corrected chi connectivity index (χ0v) is 11.3. The second-order valence-corrected chi connectivity index (χ2v) is 4.39. The number of alkyl halides is 6. The normalized spacial score (nSPS) is 12.1. The molecule has 2 rings (SSSR count). The van der Waals surface area contributed by atoms with Crippen molar-refractivity contribution in [3.05, 3.63) is 41.1 Å². The van der Waals surface area contributed by atoms with Gasteiger partial charge in [-0.2, -0.15) is 36.7 Å². The van der Waals surface area contributed by atoms with Gasteiger partial charge in [-0.15, -0.1) is 0 Å². The standard InChI is InChI=1S/C13H7F6N3O/c1-22-11(9(6-20)10(21-22)13(17,18)19)23-8-4-2-3-7(5-8)12(14,15)16/h2-5H,1H3. The molecule has 1 heterocycles. The van der Waals surface area contributed by atoms with Gasteiger partial charge in [-0.1, -0.05) is 6.07 Å². The van der Waals surface area contributed by atoms with Crippen LogP contribution >= 0.6 is 0 Å². The van der Waals surface area contributed by atoms with E-state index in [4.69, 9.17) is 10.00 Å². The highest BCUT2D eigenvalue weighted by molar-refractivity contribution is 5.46. The molecular formula is C13H7F6N3O. The summed E-state index contributed by atoms with van der Waals surface area (Å²) in [7, 11) is 1.08. The van der Waals surface area contributed by atoms with Crippen LogP contribution in [0.5, 0.6) is 11.6 Å². The van der Waals surface area contributed by atoms with Gasteiger partial charge in [-0.3, -0.25) is 0 Å². The monoisotopic (exact) mass is 335 g/mol. The van der Waals surface area contributed by atoms with Crippen LogP contribution in [0.2, 0.25) is 0 Å². The molecule has 0 saturated heterocycles. The van der Waals surface area contributed by atoms with Crippen LogP contribution in [-0.4, -0.2) is 9.78 Å². The zero-order chi connectivity index (χ0) is 17.4. The molecule has 1 aromatic carbocycles. The summed E-state index contributed by atoms with van der Waals surface area (Å²) in [4.78, 5) is 0. The summed E-state index contributed by atoms with van der Waals surface area (Å²) in [6.45, 7) is 0. The highest BCUT2D eigenvalue weighted by Crippen LogP contribution is 2.37. The third kappa shape index (κ3) is 3.39. The van der Waals surface area contributed by atoms with E-state index < -0.39 is 35.1 Å². The van der Waals surface area contributed by atoms with Crippen molar-refractivity contribution in [3.8, 4) is 17.7 Å². The molecule has 122 valence electrons. The molecule has 0 amide bonds. The number of hydrogen-bond acceptors (Lipinski definition) is 3. The van der Waals surface area contributed by atoms with Crippen molar-refractivity contribution in [3.63, 3.8) is 0 Å². The Hall–Kier alpha value is -2.70. The molecule has 23 heavy (non-hydrogen) atoms. The van der Waals surface area contributed by atoms with Crippen molar-refractivity contribution in [1.29, 1.82) is 5.26 Å². The van der Waals surface area contributed by atoms with E-state index in [-0.39, 0.29) is 5.75 Å². The quantitative estimate of drug-likeness (QED) is 0.776. The number of aromatic nitrogens is 2. The van der Waals surface area contributed by atoms with Gasteiger partial charge in [0.25, 0.3) is 0 Å². The van der Waals surface area contributed by atoms with Crippen molar-refractivity contribution in [1.82, 2.24) is 9.78 Å². The third-order valence-electron chi connectivity index (χ3n) is 2.75. The molecule has 0 atom stereocenters. The Morgan fingerprint density at radius 3 is 2.30 bits per heavy atom. The van der Waals surface area contributed by atoms with Gasteiger partial charge in [0.05, 0.1) is 5.56 Å². The Labute approximate surface area is 125 Å². The van der Waals surface area contributed by atoms with Gasteiger partial charge in [-0.05, 0) is 18.2 Å². The number of hydrogen-bond donors (Lipinski definition) is 0. The summed E-state index contributed by atoms with van der Waals surface area (Å²) in [6.07, 6.45) is -9.53. The molecule has 0 fully saturated rings. The smallest absolute Gasteiger partial charge is 0.436 e. The van der Waals surface area contributed by atoms with Gasteiger partial charge in [-0.25, -0.2) is 4.68 Å². The summed E-state index contributed by atoms with van der Waals surface area (Å²) in [5.41, 5.74) is -3.41. The lowest BCUT2D eigenvalue weighted by atomic mass is 10.2. The highest BCUT2D eigenvalue weighted by Gasteiger charge is 2.40. The van der Waals surface area contributed by atoms with Crippen molar-refractivity contribution in [2.24, 2.45) is 7.05 Å². The van der Waals surface area contributed by atoms with E-state index in [1.54, 1.807) is 0 Å². The first kappa shape index (κ1) is 16.7. The van der Waals surface area contributed by atoms with Gasteiger partial charge >= 0.3 is 12.4 Å². The Morgan fingerprint density at radius 1 is 1.13 bits per heavy atom. The van der Waals surface area contributed by atoms with Crippen molar-refractivity contribution >= 4 is 0 Å². The van der Waals surface area contributed by atoms with Crippen LogP contribution in [0.25, 0.3) is 0 Å². The largest absolute Gasteiger partial charge is 0.438 e. The molecule has 4 nitrogen and oxygen atoms in total. The molecule has 0 bridgehead atoms. The first-order valence-corrected chi connectivity index (χ1v) is 5.93.